The second kappa shape index (κ2) is 11.3. The highest BCUT2D eigenvalue weighted by molar-refractivity contribution is 5.81. The number of nitrogens with one attached hydrogen (secondary N) is 1. The molecule has 0 aliphatic heterocycles. The number of likely N-dealkylation sites (N-methyl/N-ethyl adjacent to an activating group) is 1. The zero-order valence-corrected chi connectivity index (χ0v) is 11.4. The molecule has 0 atom stereocenters. The van der Waals surface area contributed by atoms with Gasteiger partial charge >= 0.3 is 12.0 Å². The quantitative estimate of drug-likeness (QED) is 0.278. The number of nitrogens with zero attached hydrogens (tertiary/aromatic N) is 1. The van der Waals surface area contributed by atoms with Gasteiger partial charge in [0.1, 0.15) is 6.61 Å². The van der Waals surface area contributed by atoms with E-state index in [-0.39, 0.29) is 12.6 Å². The summed E-state index contributed by atoms with van der Waals surface area (Å²) in [4.78, 5) is 23.7. The predicted molar refractivity (Wildman–Crippen MR) is 72.8 cm³/mol. The third-order valence-corrected chi connectivity index (χ3v) is 2.18. The van der Waals surface area contributed by atoms with Crippen molar-refractivity contribution in [3.63, 3.8) is 0 Å². The van der Waals surface area contributed by atoms with Gasteiger partial charge in [0.25, 0.3) is 0 Å². The summed E-state index contributed by atoms with van der Waals surface area (Å²) in [6, 6.07) is -0.150. The van der Waals surface area contributed by atoms with E-state index in [1.807, 2.05) is 0 Å². The van der Waals surface area contributed by atoms with Gasteiger partial charge in [0.05, 0.1) is 13.2 Å². The Bertz CT molecular complexity index is 305. The van der Waals surface area contributed by atoms with Gasteiger partial charge in [-0.05, 0) is 6.42 Å². The van der Waals surface area contributed by atoms with Gasteiger partial charge in [-0.3, -0.25) is 0 Å². The average molecular weight is 270 g/mol. The first kappa shape index (κ1) is 17.2. The summed E-state index contributed by atoms with van der Waals surface area (Å²) >= 11 is 0. The fourth-order valence-corrected chi connectivity index (χ4v) is 1.08. The topological polar surface area (TPSA) is 67.9 Å². The van der Waals surface area contributed by atoms with E-state index in [4.69, 9.17) is 9.47 Å². The molecule has 6 heteroatoms. The summed E-state index contributed by atoms with van der Waals surface area (Å²) in [7, 11) is 1.68. The molecule has 0 heterocycles. The van der Waals surface area contributed by atoms with Gasteiger partial charge in [-0.25, -0.2) is 9.59 Å². The highest BCUT2D eigenvalue weighted by Gasteiger charge is 2.06. The Hall–Kier alpha value is -1.82. The normalized spacial score (nSPS) is 9.53. The first-order valence-electron chi connectivity index (χ1n) is 6.08. The van der Waals surface area contributed by atoms with Gasteiger partial charge in [-0.2, -0.15) is 0 Å². The molecule has 0 radical (unpaired) electrons. The molecule has 0 aromatic heterocycles. The van der Waals surface area contributed by atoms with Crippen LogP contribution >= 0.6 is 0 Å². The number of hydrogen-bond donors (Lipinski definition) is 1. The van der Waals surface area contributed by atoms with Crippen LogP contribution in [0.3, 0.4) is 0 Å². The van der Waals surface area contributed by atoms with Gasteiger partial charge in [-0.15, -0.1) is 6.58 Å². The summed E-state index contributed by atoms with van der Waals surface area (Å²) < 4.78 is 9.95. The molecule has 0 aromatic rings. The summed E-state index contributed by atoms with van der Waals surface area (Å²) in [5.74, 6) is -0.470. The molecule has 0 aliphatic carbocycles. The van der Waals surface area contributed by atoms with Crippen molar-refractivity contribution < 1.29 is 19.1 Å². The summed E-state index contributed by atoms with van der Waals surface area (Å²) in [6.45, 7) is 8.75. The van der Waals surface area contributed by atoms with Crippen molar-refractivity contribution in [2.24, 2.45) is 0 Å². The minimum atomic E-state index is -0.470. The van der Waals surface area contributed by atoms with Crippen LogP contribution in [0.1, 0.15) is 6.42 Å². The number of carbonyl (C=O) groups is 2. The molecule has 0 fully saturated rings. The van der Waals surface area contributed by atoms with E-state index >= 15 is 0 Å². The molecule has 1 N–H and O–H groups in total. The Morgan fingerprint density at radius 2 is 2.00 bits per heavy atom. The Balaban J connectivity index is 3.49. The SMILES string of the molecule is C=CCCNC(=O)N(C)CCOCCOC(=O)C=C. The standard InChI is InChI=1S/C13H22N2O4/c1-4-6-7-14-13(17)15(3)8-9-18-10-11-19-12(16)5-2/h4-5H,1-2,6-11H2,3H3,(H,14,17). The van der Waals surface area contributed by atoms with Crippen LogP contribution in [-0.2, 0) is 14.3 Å². The molecule has 0 rings (SSSR count). The largest absolute Gasteiger partial charge is 0.460 e. The monoisotopic (exact) mass is 270 g/mol. The van der Waals surface area contributed by atoms with Crippen LogP contribution in [0.4, 0.5) is 4.79 Å². The van der Waals surface area contributed by atoms with Gasteiger partial charge in [0, 0.05) is 26.2 Å². The van der Waals surface area contributed by atoms with Crippen molar-refractivity contribution in [3.05, 3.63) is 25.3 Å². The van der Waals surface area contributed by atoms with Crippen LogP contribution in [0.15, 0.2) is 25.3 Å². The van der Waals surface area contributed by atoms with E-state index in [0.29, 0.717) is 26.3 Å². The molecule has 0 unspecified atom stereocenters. The van der Waals surface area contributed by atoms with E-state index < -0.39 is 5.97 Å². The molecule has 2 amide bonds. The Kier molecular flexibility index (Phi) is 10.2. The lowest BCUT2D eigenvalue weighted by Crippen LogP contribution is -2.39. The molecule has 0 saturated carbocycles. The van der Waals surface area contributed by atoms with E-state index in [9.17, 15) is 9.59 Å². The molecule has 0 aromatic carbocycles. The number of carbonyl (C=O) groups excluding carboxylic acids is 2. The molecule has 0 aliphatic rings. The molecule has 0 spiro atoms. The summed E-state index contributed by atoms with van der Waals surface area (Å²) in [5, 5.41) is 2.74. The molecule has 0 saturated heterocycles. The van der Waals surface area contributed by atoms with Gasteiger partial charge in [-0.1, -0.05) is 12.7 Å². The fraction of sp³-hybridized carbons (Fsp3) is 0.538. The van der Waals surface area contributed by atoms with Crippen molar-refractivity contribution >= 4 is 12.0 Å². The lowest BCUT2D eigenvalue weighted by molar-refractivity contribution is -0.139. The molecule has 19 heavy (non-hydrogen) atoms. The first-order valence-corrected chi connectivity index (χ1v) is 6.08. The Morgan fingerprint density at radius 1 is 1.26 bits per heavy atom. The third kappa shape index (κ3) is 9.84. The van der Waals surface area contributed by atoms with Crippen LogP contribution in [0.5, 0.6) is 0 Å². The fourth-order valence-electron chi connectivity index (χ4n) is 1.08. The number of esters is 1. The second-order valence-corrected chi connectivity index (χ2v) is 3.71. The van der Waals surface area contributed by atoms with E-state index in [2.05, 4.69) is 18.5 Å². The molecular weight excluding hydrogens is 248 g/mol. The highest BCUT2D eigenvalue weighted by atomic mass is 16.6. The smallest absolute Gasteiger partial charge is 0.330 e. The summed E-state index contributed by atoms with van der Waals surface area (Å²) in [6.07, 6.45) is 3.58. The second-order valence-electron chi connectivity index (χ2n) is 3.71. The van der Waals surface area contributed by atoms with Gasteiger partial charge in [0.15, 0.2) is 0 Å². The Morgan fingerprint density at radius 3 is 2.63 bits per heavy atom. The molecule has 6 nitrogen and oxygen atoms in total. The summed E-state index contributed by atoms with van der Waals surface area (Å²) in [5.41, 5.74) is 0. The maximum absolute atomic E-state index is 11.5. The van der Waals surface area contributed by atoms with Crippen molar-refractivity contribution in [3.8, 4) is 0 Å². The number of ether oxygens (including phenoxy) is 2. The molecule has 108 valence electrons. The predicted octanol–water partition coefficient (Wildman–Crippen LogP) is 0.950. The van der Waals surface area contributed by atoms with E-state index in [0.717, 1.165) is 12.5 Å². The lowest BCUT2D eigenvalue weighted by atomic mass is 10.4. The Labute approximate surface area is 114 Å². The van der Waals surface area contributed by atoms with Crippen LogP contribution in [0.2, 0.25) is 0 Å². The van der Waals surface area contributed by atoms with E-state index in [1.54, 1.807) is 13.1 Å². The third-order valence-electron chi connectivity index (χ3n) is 2.18. The van der Waals surface area contributed by atoms with Crippen LogP contribution in [-0.4, -0.2) is 56.9 Å². The molecule has 0 bridgehead atoms. The highest BCUT2D eigenvalue weighted by Crippen LogP contribution is 1.87. The van der Waals surface area contributed by atoms with Crippen molar-refractivity contribution in [2.75, 3.05) is 40.0 Å². The minimum absolute atomic E-state index is 0.150. The van der Waals surface area contributed by atoms with Gasteiger partial charge < -0.3 is 19.7 Å². The van der Waals surface area contributed by atoms with Crippen LogP contribution in [0, 0.1) is 0 Å². The van der Waals surface area contributed by atoms with Crippen molar-refractivity contribution in [1.29, 1.82) is 0 Å². The zero-order chi connectivity index (χ0) is 14.5. The minimum Gasteiger partial charge on any atom is -0.460 e. The lowest BCUT2D eigenvalue weighted by Gasteiger charge is -2.17. The van der Waals surface area contributed by atoms with Crippen LogP contribution < -0.4 is 5.32 Å². The maximum atomic E-state index is 11.5. The van der Waals surface area contributed by atoms with Crippen molar-refractivity contribution in [1.82, 2.24) is 10.2 Å². The number of hydrogen-bond acceptors (Lipinski definition) is 4. The average Bonchev–Trinajstić information content (AvgIpc) is 2.42. The number of urea groups is 1. The zero-order valence-electron chi connectivity index (χ0n) is 11.4. The number of amides is 2. The number of rotatable bonds is 10. The molecular formula is C13H22N2O4. The van der Waals surface area contributed by atoms with Crippen LogP contribution in [0.25, 0.3) is 0 Å². The van der Waals surface area contributed by atoms with Crippen molar-refractivity contribution in [2.45, 2.75) is 6.42 Å². The first-order chi connectivity index (χ1) is 9.11. The van der Waals surface area contributed by atoms with Gasteiger partial charge in [0.2, 0.25) is 0 Å². The van der Waals surface area contributed by atoms with E-state index in [1.165, 1.54) is 4.90 Å². The maximum Gasteiger partial charge on any atom is 0.330 e.